The first-order valence-corrected chi connectivity index (χ1v) is 11.5. The molecule has 0 spiro atoms. The summed E-state index contributed by atoms with van der Waals surface area (Å²) in [6.45, 7) is 2.57. The average molecular weight is 456 g/mol. The maximum absolute atomic E-state index is 14.0. The van der Waals surface area contributed by atoms with Crippen LogP contribution in [0.1, 0.15) is 28.8 Å². The monoisotopic (exact) mass is 455 g/mol. The first-order valence-electron chi connectivity index (χ1n) is 11.5. The van der Waals surface area contributed by atoms with Crippen LogP contribution in [0.3, 0.4) is 0 Å². The Balaban J connectivity index is 1.27. The predicted molar refractivity (Wildman–Crippen MR) is 129 cm³/mol. The minimum atomic E-state index is -0.350. The molecule has 3 heterocycles. The van der Waals surface area contributed by atoms with Gasteiger partial charge in [0, 0.05) is 56.2 Å². The van der Waals surface area contributed by atoms with Crippen LogP contribution in [-0.2, 0) is 6.54 Å². The number of aromatic nitrogens is 3. The average Bonchev–Trinajstić information content (AvgIpc) is 3.41. The minimum Gasteiger partial charge on any atom is -0.305 e. The molecule has 0 unspecified atom stereocenters. The molecular formula is C27H26FN5O. The lowest BCUT2D eigenvalue weighted by Gasteiger charge is -2.38. The van der Waals surface area contributed by atoms with Crippen LogP contribution in [0, 0.1) is 5.82 Å². The molecular weight excluding hydrogens is 429 g/mol. The summed E-state index contributed by atoms with van der Waals surface area (Å²) in [4.78, 5) is 21.6. The molecule has 0 aliphatic carbocycles. The maximum atomic E-state index is 14.0. The zero-order valence-corrected chi connectivity index (χ0v) is 18.8. The third-order valence-corrected chi connectivity index (χ3v) is 6.25. The molecule has 0 radical (unpaired) electrons. The number of benzene rings is 2. The van der Waals surface area contributed by atoms with Gasteiger partial charge in [0.2, 0.25) is 0 Å². The molecule has 34 heavy (non-hydrogen) atoms. The van der Waals surface area contributed by atoms with Crippen LogP contribution in [0.15, 0.2) is 91.5 Å². The quantitative estimate of drug-likeness (QED) is 0.422. The molecule has 7 heteroatoms. The van der Waals surface area contributed by atoms with Gasteiger partial charge >= 0.3 is 0 Å². The maximum Gasteiger partial charge on any atom is 0.260 e. The molecule has 6 nitrogen and oxygen atoms in total. The molecule has 0 atom stereocenters. The van der Waals surface area contributed by atoms with Crippen molar-refractivity contribution in [2.24, 2.45) is 0 Å². The number of amides is 1. The number of halogens is 1. The van der Waals surface area contributed by atoms with Gasteiger partial charge in [-0.2, -0.15) is 5.10 Å². The van der Waals surface area contributed by atoms with Crippen molar-refractivity contribution >= 4 is 11.6 Å². The lowest BCUT2D eigenvalue weighted by molar-refractivity contribution is 0.0958. The fourth-order valence-corrected chi connectivity index (χ4v) is 4.52. The molecule has 5 rings (SSSR count). The third kappa shape index (κ3) is 4.89. The summed E-state index contributed by atoms with van der Waals surface area (Å²) in [6, 6.07) is 20.1. The molecule has 2 aromatic heterocycles. The van der Waals surface area contributed by atoms with Gasteiger partial charge < -0.3 is 4.90 Å². The Morgan fingerprint density at radius 1 is 1.00 bits per heavy atom. The lowest BCUT2D eigenvalue weighted by Crippen LogP contribution is -2.47. The van der Waals surface area contributed by atoms with Crippen molar-refractivity contribution in [2.45, 2.75) is 25.4 Å². The van der Waals surface area contributed by atoms with Crippen molar-refractivity contribution in [3.63, 3.8) is 0 Å². The molecule has 4 aromatic rings. The number of carbonyl (C=O) groups excluding carboxylic acids is 1. The Morgan fingerprint density at radius 2 is 1.82 bits per heavy atom. The molecule has 1 amide bonds. The van der Waals surface area contributed by atoms with Crippen LogP contribution in [0.2, 0.25) is 0 Å². The van der Waals surface area contributed by atoms with Gasteiger partial charge in [0.25, 0.3) is 5.91 Å². The van der Waals surface area contributed by atoms with Crippen molar-refractivity contribution in [3.8, 4) is 5.69 Å². The highest BCUT2D eigenvalue weighted by Gasteiger charge is 2.30. The molecule has 2 aromatic carbocycles. The Bertz CT molecular complexity index is 1220. The molecule has 1 aliphatic rings. The summed E-state index contributed by atoms with van der Waals surface area (Å²) in [5.41, 5.74) is 3.36. The van der Waals surface area contributed by atoms with E-state index in [1.165, 1.54) is 17.7 Å². The van der Waals surface area contributed by atoms with Crippen molar-refractivity contribution in [3.05, 3.63) is 108 Å². The third-order valence-electron chi connectivity index (χ3n) is 6.25. The first-order chi connectivity index (χ1) is 16.7. The van der Waals surface area contributed by atoms with E-state index in [2.05, 4.69) is 39.2 Å². The van der Waals surface area contributed by atoms with Crippen LogP contribution < -0.4 is 4.90 Å². The number of rotatable bonds is 6. The second kappa shape index (κ2) is 9.97. The van der Waals surface area contributed by atoms with E-state index >= 15 is 0 Å². The Morgan fingerprint density at radius 3 is 2.50 bits per heavy atom. The smallest absolute Gasteiger partial charge is 0.260 e. The van der Waals surface area contributed by atoms with Gasteiger partial charge in [-0.05, 0) is 66.9 Å². The van der Waals surface area contributed by atoms with Gasteiger partial charge in [0.05, 0.1) is 11.3 Å². The van der Waals surface area contributed by atoms with Crippen LogP contribution in [0.5, 0.6) is 0 Å². The van der Waals surface area contributed by atoms with Crippen LogP contribution in [0.25, 0.3) is 5.69 Å². The van der Waals surface area contributed by atoms with E-state index in [0.29, 0.717) is 11.3 Å². The summed E-state index contributed by atoms with van der Waals surface area (Å²) in [7, 11) is 0. The predicted octanol–water partition coefficient (Wildman–Crippen LogP) is 4.72. The summed E-state index contributed by atoms with van der Waals surface area (Å²) in [5, 5.41) is 4.27. The zero-order chi connectivity index (χ0) is 23.3. The number of hydrogen-bond acceptors (Lipinski definition) is 4. The van der Waals surface area contributed by atoms with Gasteiger partial charge in [-0.1, -0.05) is 18.2 Å². The zero-order valence-electron chi connectivity index (χ0n) is 18.8. The van der Waals surface area contributed by atoms with Gasteiger partial charge in [0.15, 0.2) is 0 Å². The Kier molecular flexibility index (Phi) is 6.44. The van der Waals surface area contributed by atoms with E-state index in [0.717, 1.165) is 38.2 Å². The van der Waals surface area contributed by atoms with Crippen LogP contribution in [-0.4, -0.2) is 44.7 Å². The second-order valence-electron chi connectivity index (χ2n) is 8.52. The normalized spacial score (nSPS) is 14.7. The molecule has 1 saturated heterocycles. The second-order valence-corrected chi connectivity index (χ2v) is 8.52. The number of carbonyl (C=O) groups is 1. The van der Waals surface area contributed by atoms with E-state index in [1.807, 2.05) is 16.9 Å². The molecule has 1 fully saturated rings. The first kappa shape index (κ1) is 22.0. The SMILES string of the molecule is O=C(c1cccnc1)N(c1cccc(F)c1)C1CCN(Cc2ccc(-n3cccn3)cc2)CC1. The van der Waals surface area contributed by atoms with Crippen molar-refractivity contribution in [1.82, 2.24) is 19.7 Å². The van der Waals surface area contributed by atoms with Crippen molar-refractivity contribution in [1.29, 1.82) is 0 Å². The summed E-state index contributed by atoms with van der Waals surface area (Å²) in [5.74, 6) is -0.496. The van der Waals surface area contributed by atoms with Gasteiger partial charge in [0.1, 0.15) is 5.82 Å². The summed E-state index contributed by atoms with van der Waals surface area (Å²) in [6.07, 6.45) is 8.53. The number of pyridine rings is 1. The van der Waals surface area contributed by atoms with E-state index in [-0.39, 0.29) is 17.8 Å². The van der Waals surface area contributed by atoms with E-state index in [1.54, 1.807) is 47.8 Å². The largest absolute Gasteiger partial charge is 0.305 e. The Labute approximate surface area is 198 Å². The minimum absolute atomic E-state index is 0.00653. The number of piperidine rings is 1. The molecule has 0 N–H and O–H groups in total. The summed E-state index contributed by atoms with van der Waals surface area (Å²) < 4.78 is 15.9. The van der Waals surface area contributed by atoms with E-state index in [4.69, 9.17) is 0 Å². The van der Waals surface area contributed by atoms with Gasteiger partial charge in [-0.3, -0.25) is 14.7 Å². The number of nitrogens with zero attached hydrogens (tertiary/aromatic N) is 5. The highest BCUT2D eigenvalue weighted by atomic mass is 19.1. The van der Waals surface area contributed by atoms with E-state index in [9.17, 15) is 9.18 Å². The van der Waals surface area contributed by atoms with Crippen molar-refractivity contribution < 1.29 is 9.18 Å². The highest BCUT2D eigenvalue weighted by molar-refractivity contribution is 6.06. The fourth-order valence-electron chi connectivity index (χ4n) is 4.52. The number of anilines is 1. The number of hydrogen-bond donors (Lipinski definition) is 0. The van der Waals surface area contributed by atoms with Crippen molar-refractivity contribution in [2.75, 3.05) is 18.0 Å². The van der Waals surface area contributed by atoms with E-state index < -0.39 is 0 Å². The molecule has 172 valence electrons. The van der Waals surface area contributed by atoms with Crippen LogP contribution >= 0.6 is 0 Å². The lowest BCUT2D eigenvalue weighted by atomic mass is 10.00. The molecule has 1 aliphatic heterocycles. The molecule has 0 saturated carbocycles. The number of likely N-dealkylation sites (tertiary alicyclic amines) is 1. The summed E-state index contributed by atoms with van der Waals surface area (Å²) >= 11 is 0. The van der Waals surface area contributed by atoms with Gasteiger partial charge in [-0.25, -0.2) is 9.07 Å². The molecule has 0 bridgehead atoms. The fraction of sp³-hybridized carbons (Fsp3) is 0.222. The topological polar surface area (TPSA) is 54.3 Å². The standard InChI is InChI=1S/C27H26FN5O/c28-23-5-1-6-26(18-23)33(27(34)22-4-2-13-29-19-22)25-11-16-31(17-12-25)20-21-7-9-24(10-8-21)32-15-3-14-30-32/h1-10,13-15,18-19,25H,11-12,16-17,20H2. The van der Waals surface area contributed by atoms with Crippen LogP contribution in [0.4, 0.5) is 10.1 Å². The Hall–Kier alpha value is -3.84. The highest BCUT2D eigenvalue weighted by Crippen LogP contribution is 2.27. The van der Waals surface area contributed by atoms with Gasteiger partial charge in [-0.15, -0.1) is 0 Å².